The number of benzene rings is 1. The Morgan fingerprint density at radius 3 is 2.06 bits per heavy atom. The van der Waals surface area contributed by atoms with Gasteiger partial charge in [0, 0.05) is 12.1 Å². The van der Waals surface area contributed by atoms with Gasteiger partial charge in [-0.2, -0.15) is 0 Å². The fraction of sp³-hybridized carbons (Fsp3) is 0.600. The molecule has 0 saturated heterocycles. The monoisotopic (exact) mass is 467 g/mol. The Morgan fingerprint density at radius 1 is 0.882 bits per heavy atom. The van der Waals surface area contributed by atoms with Crippen LogP contribution in [0.3, 0.4) is 0 Å². The van der Waals surface area contributed by atoms with E-state index in [1.54, 1.807) is 0 Å². The van der Waals surface area contributed by atoms with Crippen molar-refractivity contribution in [3.63, 3.8) is 0 Å². The lowest BCUT2D eigenvalue weighted by Gasteiger charge is -2.20. The molecule has 1 heterocycles. The van der Waals surface area contributed by atoms with Crippen molar-refractivity contribution in [1.82, 2.24) is 5.32 Å². The van der Waals surface area contributed by atoms with Gasteiger partial charge in [0.1, 0.15) is 12.3 Å². The first-order valence-electron chi connectivity index (χ1n) is 13.6. The van der Waals surface area contributed by atoms with Crippen LogP contribution in [0.15, 0.2) is 42.7 Å². The van der Waals surface area contributed by atoms with Crippen LogP contribution < -0.4 is 14.6 Å². The Morgan fingerprint density at radius 2 is 1.50 bits per heavy atom. The van der Waals surface area contributed by atoms with E-state index >= 15 is 0 Å². The van der Waals surface area contributed by atoms with E-state index in [-0.39, 0.29) is 11.9 Å². The van der Waals surface area contributed by atoms with Gasteiger partial charge in [-0.1, -0.05) is 77.7 Å². The second kappa shape index (κ2) is 16.3. The van der Waals surface area contributed by atoms with Crippen LogP contribution >= 0.6 is 0 Å². The molecule has 1 unspecified atom stereocenters. The highest BCUT2D eigenvalue weighted by Gasteiger charge is 2.17. The first-order valence-corrected chi connectivity index (χ1v) is 13.6. The molecule has 188 valence electrons. The zero-order valence-corrected chi connectivity index (χ0v) is 22.1. The molecule has 1 atom stereocenters. The van der Waals surface area contributed by atoms with Crippen molar-refractivity contribution in [1.29, 1.82) is 0 Å². The molecule has 34 heavy (non-hydrogen) atoms. The van der Waals surface area contributed by atoms with Gasteiger partial charge in [0.25, 0.3) is 5.91 Å². The van der Waals surface area contributed by atoms with E-state index in [1.807, 2.05) is 35.2 Å². The number of aryl methyl sites for hydroxylation is 2. The first kappa shape index (κ1) is 27.9. The van der Waals surface area contributed by atoms with E-state index in [0.717, 1.165) is 42.9 Å². The van der Waals surface area contributed by atoms with Crippen LogP contribution in [0.25, 0.3) is 0 Å². The van der Waals surface area contributed by atoms with Crippen LogP contribution in [-0.4, -0.2) is 12.5 Å². The van der Waals surface area contributed by atoms with Crippen molar-refractivity contribution in [2.24, 2.45) is 0 Å². The van der Waals surface area contributed by atoms with Crippen molar-refractivity contribution in [2.75, 3.05) is 6.61 Å². The van der Waals surface area contributed by atoms with Gasteiger partial charge < -0.3 is 10.1 Å². The molecule has 2 aromatic rings. The number of carbonyl (C=O) groups is 1. The smallest absolute Gasteiger partial charge is 0.252 e. The molecule has 1 N–H and O–H groups in total. The maximum atomic E-state index is 12.7. The molecule has 0 aliphatic carbocycles. The number of pyridine rings is 1. The summed E-state index contributed by atoms with van der Waals surface area (Å²) in [6.45, 7) is 10.2. The Hall–Kier alpha value is -2.36. The molecule has 4 nitrogen and oxygen atoms in total. The largest absolute Gasteiger partial charge is 0.494 e. The summed E-state index contributed by atoms with van der Waals surface area (Å²) in [6.07, 6.45) is 18.0. The van der Waals surface area contributed by atoms with Crippen LogP contribution in [0.2, 0.25) is 0 Å². The third-order valence-electron chi connectivity index (χ3n) is 6.62. The van der Waals surface area contributed by atoms with Gasteiger partial charge in [0.2, 0.25) is 0 Å². The number of hydrogen-bond donors (Lipinski definition) is 1. The lowest BCUT2D eigenvalue weighted by molar-refractivity contribution is -0.693. The summed E-state index contributed by atoms with van der Waals surface area (Å²) in [5.41, 5.74) is 3.00. The topological polar surface area (TPSA) is 42.2 Å². The molecule has 2 rings (SSSR count). The molecule has 0 aliphatic heterocycles. The maximum absolute atomic E-state index is 12.7. The SMILES string of the molecule is CCCCCCCCCCCCOc1ccc(C(CC)NC(=O)c2cc[n+](CC)cc2)c(C)c1. The molecule has 0 spiro atoms. The molecule has 0 fully saturated rings. The van der Waals surface area contributed by atoms with Crippen molar-refractivity contribution in [2.45, 2.75) is 111 Å². The molecule has 1 aromatic carbocycles. The summed E-state index contributed by atoms with van der Waals surface area (Å²) in [6, 6.07) is 9.99. The minimum absolute atomic E-state index is 0.0120. The van der Waals surface area contributed by atoms with Gasteiger partial charge in [0.15, 0.2) is 12.4 Å². The second-order valence-corrected chi connectivity index (χ2v) is 9.40. The number of carbonyl (C=O) groups excluding carboxylic acids is 1. The molecular weight excluding hydrogens is 420 g/mol. The lowest BCUT2D eigenvalue weighted by atomic mass is 9.98. The lowest BCUT2D eigenvalue weighted by Crippen LogP contribution is -2.33. The van der Waals surface area contributed by atoms with Crippen LogP contribution in [-0.2, 0) is 6.54 Å². The van der Waals surface area contributed by atoms with E-state index in [9.17, 15) is 4.79 Å². The number of nitrogens with one attached hydrogen (secondary N) is 1. The summed E-state index contributed by atoms with van der Waals surface area (Å²) in [5.74, 6) is 0.890. The number of nitrogens with zero attached hydrogens (tertiary/aromatic N) is 1. The minimum Gasteiger partial charge on any atom is -0.494 e. The molecular formula is C30H47N2O2+. The van der Waals surface area contributed by atoms with Crippen LogP contribution in [0.5, 0.6) is 5.75 Å². The molecule has 0 aliphatic rings. The predicted octanol–water partition coefficient (Wildman–Crippen LogP) is 7.48. The summed E-state index contributed by atoms with van der Waals surface area (Å²) >= 11 is 0. The van der Waals surface area contributed by atoms with Crippen molar-refractivity contribution >= 4 is 5.91 Å². The Kier molecular flexibility index (Phi) is 13.4. The number of rotatable bonds is 17. The molecule has 1 aromatic heterocycles. The Balaban J connectivity index is 1.73. The Bertz CT molecular complexity index is 832. The van der Waals surface area contributed by atoms with Crippen molar-refractivity contribution in [3.8, 4) is 5.75 Å². The predicted molar refractivity (Wildman–Crippen MR) is 141 cm³/mol. The number of aromatic nitrogens is 1. The van der Waals surface area contributed by atoms with Gasteiger partial charge in [0.05, 0.1) is 18.2 Å². The first-order chi connectivity index (χ1) is 16.6. The number of unbranched alkanes of at least 4 members (excludes halogenated alkanes) is 9. The summed E-state index contributed by atoms with van der Waals surface area (Å²) in [7, 11) is 0. The zero-order valence-electron chi connectivity index (χ0n) is 22.1. The summed E-state index contributed by atoms with van der Waals surface area (Å²) < 4.78 is 8.06. The zero-order chi connectivity index (χ0) is 24.6. The average Bonchev–Trinajstić information content (AvgIpc) is 2.86. The summed E-state index contributed by atoms with van der Waals surface area (Å²) in [4.78, 5) is 12.7. The molecule has 0 radical (unpaired) electrons. The standard InChI is InChI=1S/C30H46N2O2/c1-5-8-9-10-11-12-13-14-15-16-23-34-27-17-18-28(25(4)24-27)29(6-2)31-30(33)26-19-21-32(7-3)22-20-26/h17-22,24,29H,5-16,23H2,1-4H3/p+1. The minimum atomic E-state index is -0.0317. The second-order valence-electron chi connectivity index (χ2n) is 9.40. The third-order valence-corrected chi connectivity index (χ3v) is 6.62. The Labute approximate surface area is 208 Å². The molecule has 0 saturated carbocycles. The maximum Gasteiger partial charge on any atom is 0.252 e. The number of amides is 1. The molecule has 4 heteroatoms. The van der Waals surface area contributed by atoms with Gasteiger partial charge in [-0.25, -0.2) is 4.57 Å². The van der Waals surface area contributed by atoms with Crippen LogP contribution in [0, 0.1) is 6.92 Å². The summed E-state index contributed by atoms with van der Waals surface area (Å²) in [5, 5.41) is 3.20. The van der Waals surface area contributed by atoms with E-state index in [2.05, 4.69) is 45.1 Å². The van der Waals surface area contributed by atoms with Gasteiger partial charge >= 0.3 is 0 Å². The highest BCUT2D eigenvalue weighted by atomic mass is 16.5. The van der Waals surface area contributed by atoms with E-state index in [4.69, 9.17) is 4.74 Å². The van der Waals surface area contributed by atoms with Crippen molar-refractivity contribution < 1.29 is 14.1 Å². The average molecular weight is 468 g/mol. The fourth-order valence-corrected chi connectivity index (χ4v) is 4.37. The van der Waals surface area contributed by atoms with Crippen LogP contribution in [0.4, 0.5) is 0 Å². The number of hydrogen-bond acceptors (Lipinski definition) is 2. The van der Waals surface area contributed by atoms with E-state index < -0.39 is 0 Å². The quantitative estimate of drug-likeness (QED) is 0.193. The number of ether oxygens (including phenoxy) is 1. The van der Waals surface area contributed by atoms with E-state index in [0.29, 0.717) is 5.56 Å². The normalized spacial score (nSPS) is 11.9. The van der Waals surface area contributed by atoms with Gasteiger partial charge in [-0.05, 0) is 49.9 Å². The fourth-order valence-electron chi connectivity index (χ4n) is 4.37. The van der Waals surface area contributed by atoms with Gasteiger partial charge in [-0.15, -0.1) is 0 Å². The van der Waals surface area contributed by atoms with Crippen LogP contribution in [0.1, 0.15) is 119 Å². The third kappa shape index (κ3) is 9.87. The van der Waals surface area contributed by atoms with Crippen molar-refractivity contribution in [3.05, 3.63) is 59.4 Å². The highest BCUT2D eigenvalue weighted by molar-refractivity contribution is 5.94. The molecule has 0 bridgehead atoms. The highest BCUT2D eigenvalue weighted by Crippen LogP contribution is 2.25. The molecule has 1 amide bonds. The van der Waals surface area contributed by atoms with Gasteiger partial charge in [-0.3, -0.25) is 4.79 Å². The van der Waals surface area contributed by atoms with E-state index in [1.165, 1.54) is 57.8 Å².